The Labute approximate surface area is 121 Å². The molecular formula is C19H20O. The Morgan fingerprint density at radius 2 is 1.60 bits per heavy atom. The molecule has 2 aromatic carbocycles. The molecule has 0 atom stereocenters. The molecule has 0 spiro atoms. The van der Waals surface area contributed by atoms with Crippen LogP contribution in [0, 0.1) is 18.8 Å². The monoisotopic (exact) mass is 264 g/mol. The van der Waals surface area contributed by atoms with Gasteiger partial charge in [0.2, 0.25) is 0 Å². The molecule has 20 heavy (non-hydrogen) atoms. The summed E-state index contributed by atoms with van der Waals surface area (Å²) in [5, 5.41) is 0. The van der Waals surface area contributed by atoms with E-state index in [1.54, 1.807) is 7.11 Å². The number of rotatable bonds is 2. The zero-order valence-electron chi connectivity index (χ0n) is 12.5. The van der Waals surface area contributed by atoms with Gasteiger partial charge >= 0.3 is 0 Å². The van der Waals surface area contributed by atoms with Gasteiger partial charge in [-0.2, -0.15) is 0 Å². The van der Waals surface area contributed by atoms with Crippen LogP contribution >= 0.6 is 0 Å². The molecule has 0 N–H and O–H groups in total. The summed E-state index contributed by atoms with van der Waals surface area (Å²) in [6.07, 6.45) is 0. The molecule has 1 heteroatoms. The van der Waals surface area contributed by atoms with E-state index in [1.807, 2.05) is 13.8 Å². The first-order valence-corrected chi connectivity index (χ1v) is 6.76. The second-order valence-electron chi connectivity index (χ2n) is 5.36. The summed E-state index contributed by atoms with van der Waals surface area (Å²) in [4.78, 5) is 0. The molecule has 0 amide bonds. The van der Waals surface area contributed by atoms with Gasteiger partial charge in [0.15, 0.2) is 0 Å². The standard InChI is InChI=1S/C19H20O/c1-15-7-5-6-8-18(15)17-11-9-16(10-12-17)13-14-19(2,3)20-4/h5-12H,1-4H3. The van der Waals surface area contributed by atoms with Crippen molar-refractivity contribution in [3.8, 4) is 23.0 Å². The Kier molecular flexibility index (Phi) is 4.27. The molecular weight excluding hydrogens is 244 g/mol. The molecule has 0 fully saturated rings. The molecule has 0 saturated heterocycles. The van der Waals surface area contributed by atoms with E-state index in [1.165, 1.54) is 16.7 Å². The lowest BCUT2D eigenvalue weighted by Gasteiger charge is -2.14. The molecule has 1 nitrogen and oxygen atoms in total. The van der Waals surface area contributed by atoms with Gasteiger partial charge in [0.05, 0.1) is 0 Å². The predicted octanol–water partition coefficient (Wildman–Crippen LogP) is 4.44. The molecule has 2 aromatic rings. The summed E-state index contributed by atoms with van der Waals surface area (Å²) in [6, 6.07) is 16.7. The molecule has 0 heterocycles. The maximum absolute atomic E-state index is 5.29. The van der Waals surface area contributed by atoms with Gasteiger partial charge in [0.1, 0.15) is 5.60 Å². The molecule has 0 radical (unpaired) electrons. The second-order valence-corrected chi connectivity index (χ2v) is 5.36. The average Bonchev–Trinajstić information content (AvgIpc) is 2.46. The minimum atomic E-state index is -0.408. The van der Waals surface area contributed by atoms with Crippen LogP contribution < -0.4 is 0 Å². The van der Waals surface area contributed by atoms with Gasteiger partial charge in [-0.25, -0.2) is 0 Å². The van der Waals surface area contributed by atoms with E-state index in [4.69, 9.17) is 4.74 Å². The lowest BCUT2D eigenvalue weighted by Crippen LogP contribution is -2.19. The fourth-order valence-corrected chi connectivity index (χ4v) is 1.90. The van der Waals surface area contributed by atoms with E-state index in [0.29, 0.717) is 0 Å². The second kappa shape index (κ2) is 5.94. The molecule has 0 saturated carbocycles. The Balaban J connectivity index is 2.26. The van der Waals surface area contributed by atoms with Gasteiger partial charge in [0.25, 0.3) is 0 Å². The van der Waals surface area contributed by atoms with E-state index in [0.717, 1.165) is 5.56 Å². The summed E-state index contributed by atoms with van der Waals surface area (Å²) in [5.74, 6) is 6.28. The van der Waals surface area contributed by atoms with Crippen molar-refractivity contribution in [1.82, 2.24) is 0 Å². The first-order valence-electron chi connectivity index (χ1n) is 6.76. The molecule has 0 bridgehead atoms. The van der Waals surface area contributed by atoms with Crippen LogP contribution in [0.5, 0.6) is 0 Å². The van der Waals surface area contributed by atoms with Crippen LogP contribution in [0.2, 0.25) is 0 Å². The summed E-state index contributed by atoms with van der Waals surface area (Å²) >= 11 is 0. The van der Waals surface area contributed by atoms with Crippen LogP contribution in [0.15, 0.2) is 48.5 Å². The van der Waals surface area contributed by atoms with Gasteiger partial charge in [-0.3, -0.25) is 0 Å². The van der Waals surface area contributed by atoms with Crippen LogP contribution in [0.3, 0.4) is 0 Å². The van der Waals surface area contributed by atoms with Crippen molar-refractivity contribution in [3.05, 3.63) is 59.7 Å². The van der Waals surface area contributed by atoms with E-state index < -0.39 is 5.60 Å². The molecule has 0 aliphatic carbocycles. The summed E-state index contributed by atoms with van der Waals surface area (Å²) in [7, 11) is 1.68. The topological polar surface area (TPSA) is 9.23 Å². The molecule has 0 aliphatic heterocycles. The number of ether oxygens (including phenoxy) is 1. The fourth-order valence-electron chi connectivity index (χ4n) is 1.90. The number of methoxy groups -OCH3 is 1. The highest BCUT2D eigenvalue weighted by atomic mass is 16.5. The van der Waals surface area contributed by atoms with Crippen LogP contribution in [0.1, 0.15) is 25.0 Å². The lowest BCUT2D eigenvalue weighted by atomic mass is 9.99. The van der Waals surface area contributed by atoms with Crippen molar-refractivity contribution in [2.24, 2.45) is 0 Å². The van der Waals surface area contributed by atoms with Crippen molar-refractivity contribution in [2.75, 3.05) is 7.11 Å². The number of hydrogen-bond donors (Lipinski definition) is 0. The molecule has 0 unspecified atom stereocenters. The third-order valence-electron chi connectivity index (χ3n) is 3.36. The van der Waals surface area contributed by atoms with Gasteiger partial charge in [-0.1, -0.05) is 48.2 Å². The Morgan fingerprint density at radius 3 is 2.20 bits per heavy atom. The van der Waals surface area contributed by atoms with Gasteiger partial charge in [-0.05, 0) is 49.6 Å². The van der Waals surface area contributed by atoms with Crippen LogP contribution in [0.25, 0.3) is 11.1 Å². The van der Waals surface area contributed by atoms with Crippen molar-refractivity contribution < 1.29 is 4.74 Å². The first kappa shape index (κ1) is 14.4. The third kappa shape index (κ3) is 3.50. The van der Waals surface area contributed by atoms with Crippen molar-refractivity contribution in [2.45, 2.75) is 26.4 Å². The lowest BCUT2D eigenvalue weighted by molar-refractivity contribution is 0.0742. The van der Waals surface area contributed by atoms with Crippen LogP contribution in [-0.4, -0.2) is 12.7 Å². The highest BCUT2D eigenvalue weighted by molar-refractivity contribution is 5.67. The number of aryl methyl sites for hydroxylation is 1. The van der Waals surface area contributed by atoms with Crippen molar-refractivity contribution in [3.63, 3.8) is 0 Å². The molecule has 2 rings (SSSR count). The normalized spacial score (nSPS) is 10.8. The molecule has 102 valence electrons. The van der Waals surface area contributed by atoms with Crippen molar-refractivity contribution >= 4 is 0 Å². The average molecular weight is 264 g/mol. The highest BCUT2D eigenvalue weighted by Crippen LogP contribution is 2.23. The zero-order valence-corrected chi connectivity index (χ0v) is 12.5. The van der Waals surface area contributed by atoms with Gasteiger partial charge < -0.3 is 4.74 Å². The van der Waals surface area contributed by atoms with Crippen LogP contribution in [0.4, 0.5) is 0 Å². The molecule has 0 aromatic heterocycles. The number of benzene rings is 2. The minimum Gasteiger partial charge on any atom is -0.366 e. The summed E-state index contributed by atoms with van der Waals surface area (Å²) < 4.78 is 5.29. The van der Waals surface area contributed by atoms with Crippen LogP contribution in [-0.2, 0) is 4.74 Å². The van der Waals surface area contributed by atoms with Gasteiger partial charge in [0, 0.05) is 12.7 Å². The quantitative estimate of drug-likeness (QED) is 0.729. The summed E-state index contributed by atoms with van der Waals surface area (Å²) in [5.41, 5.74) is 4.37. The highest BCUT2D eigenvalue weighted by Gasteiger charge is 2.10. The Bertz CT molecular complexity index is 639. The smallest absolute Gasteiger partial charge is 0.123 e. The Morgan fingerprint density at radius 1 is 0.950 bits per heavy atom. The van der Waals surface area contributed by atoms with E-state index >= 15 is 0 Å². The van der Waals surface area contributed by atoms with E-state index in [9.17, 15) is 0 Å². The third-order valence-corrected chi connectivity index (χ3v) is 3.36. The van der Waals surface area contributed by atoms with E-state index in [2.05, 4.69) is 67.3 Å². The first-order chi connectivity index (χ1) is 9.52. The number of hydrogen-bond acceptors (Lipinski definition) is 1. The maximum atomic E-state index is 5.29. The Hall–Kier alpha value is -2.04. The minimum absolute atomic E-state index is 0.408. The SMILES string of the molecule is COC(C)(C)C#Cc1ccc(-c2ccccc2C)cc1. The van der Waals surface area contributed by atoms with Crippen molar-refractivity contribution in [1.29, 1.82) is 0 Å². The molecule has 0 aliphatic rings. The zero-order chi connectivity index (χ0) is 14.6. The maximum Gasteiger partial charge on any atom is 0.123 e. The fraction of sp³-hybridized carbons (Fsp3) is 0.263. The van der Waals surface area contributed by atoms with E-state index in [-0.39, 0.29) is 0 Å². The largest absolute Gasteiger partial charge is 0.366 e. The summed E-state index contributed by atoms with van der Waals surface area (Å²) in [6.45, 7) is 6.05. The van der Waals surface area contributed by atoms with Gasteiger partial charge in [-0.15, -0.1) is 0 Å². The predicted molar refractivity (Wildman–Crippen MR) is 84.6 cm³/mol.